The average Bonchev–Trinajstić information content (AvgIpc) is 1.26. The highest BCUT2D eigenvalue weighted by Gasteiger charge is 2.46. The molecule has 0 bridgehead atoms. The lowest BCUT2D eigenvalue weighted by Gasteiger charge is -2.29. The molecule has 3 aliphatic heterocycles. The number of hydrogen-bond donors (Lipinski definition) is 0. The highest BCUT2D eigenvalue weighted by molar-refractivity contribution is 7.87. The third-order valence-corrected chi connectivity index (χ3v) is 41.0. The molecule has 1 aliphatic carbocycles. The van der Waals surface area contributed by atoms with Gasteiger partial charge in [-0.1, -0.05) is 445 Å². The van der Waals surface area contributed by atoms with Crippen LogP contribution in [-0.2, 0) is 19.1 Å². The minimum atomic E-state index is -3.19. The second kappa shape index (κ2) is 34.6. The van der Waals surface area contributed by atoms with Crippen molar-refractivity contribution in [3.63, 3.8) is 0 Å². The van der Waals surface area contributed by atoms with E-state index >= 15 is 13.7 Å². The van der Waals surface area contributed by atoms with Crippen molar-refractivity contribution in [1.29, 1.82) is 0 Å². The van der Waals surface area contributed by atoms with Gasteiger partial charge in [-0.15, -0.1) is 0 Å². The maximum absolute atomic E-state index is 15.6. The van der Waals surface area contributed by atoms with E-state index in [1.807, 2.05) is 182 Å². The summed E-state index contributed by atoms with van der Waals surface area (Å²) in [7, 11) is -9.54. The van der Waals surface area contributed by atoms with E-state index in [4.69, 9.17) is 15.0 Å². The SMILES string of the molecule is CC1(C)c2ccccc2-c2ccc(-c3c4ccccc4c(-c4nc5cccc6c5n4-c4ccccc4P6(=O)c4ccccc4)c4ccccc34)cc21.O=P1(c2ccccc2)c2ccccc2-n2c(-c3c4ccccc4c(-c4ccc(-c5ccccc5)cc4)c4ccccc34)nc3cccc1c32.O=P1(c2ccccc2)c2ccccc2-n2c(-c3c4ccccc4c(-c4cccc(-c5ccccc5)c4)c4ccccc34)nc3cccc1c32. The fraction of sp³-hybridized carbons (Fsp3) is 0.0217. The van der Waals surface area contributed by atoms with Crippen LogP contribution in [0.4, 0.5) is 0 Å². The minimum Gasteiger partial charge on any atom is -0.308 e. The van der Waals surface area contributed by atoms with Crippen molar-refractivity contribution >= 4 is 167 Å². The number of rotatable bonds is 11. The fourth-order valence-electron chi connectivity index (χ4n) is 25.0. The first-order valence-electron chi connectivity index (χ1n) is 51.1. The Morgan fingerprint density at radius 1 is 0.187 bits per heavy atom. The predicted molar refractivity (Wildman–Crippen MR) is 628 cm³/mol. The number of hydrogen-bond acceptors (Lipinski definition) is 6. The van der Waals surface area contributed by atoms with E-state index in [2.05, 4.69) is 361 Å². The maximum atomic E-state index is 15.6. The first kappa shape index (κ1) is 88.4. The molecule has 12 heteroatoms. The summed E-state index contributed by atoms with van der Waals surface area (Å²) in [5.74, 6) is 2.57. The zero-order valence-corrected chi connectivity index (χ0v) is 84.5. The molecule has 27 aromatic rings. The summed E-state index contributed by atoms with van der Waals surface area (Å²) in [5, 5.41) is 21.4. The number of fused-ring (bicyclic) bond motifs is 15. The van der Waals surface area contributed by atoms with Crippen LogP contribution < -0.4 is 47.7 Å². The summed E-state index contributed by atoms with van der Waals surface area (Å²) in [6.07, 6.45) is 0. The van der Waals surface area contributed by atoms with Crippen LogP contribution in [0.25, 0.3) is 216 Å². The molecule has 4 aliphatic rings. The van der Waals surface area contributed by atoms with E-state index in [1.165, 1.54) is 110 Å². The van der Waals surface area contributed by atoms with Gasteiger partial charge in [0.1, 0.15) is 17.5 Å². The van der Waals surface area contributed by atoms with Gasteiger partial charge in [-0.2, -0.15) is 0 Å². The molecule has 3 atom stereocenters. The normalized spacial score (nSPS) is 15.6. The van der Waals surface area contributed by atoms with Crippen molar-refractivity contribution in [1.82, 2.24) is 28.7 Å². The van der Waals surface area contributed by atoms with Crippen molar-refractivity contribution in [3.05, 3.63) is 527 Å². The Hall–Kier alpha value is -18.1. The molecule has 0 saturated heterocycles. The van der Waals surface area contributed by atoms with Crippen LogP contribution in [0.15, 0.2) is 516 Å². The van der Waals surface area contributed by atoms with Gasteiger partial charge in [-0.25, -0.2) is 15.0 Å². The molecule has 24 aromatic carbocycles. The van der Waals surface area contributed by atoms with Crippen molar-refractivity contribution < 1.29 is 13.7 Å². The standard InChI is InChI=1S/C48H33N2OP.2C45H29N2OP/c1-48(2)38-22-11-10-17-32(38)33-28-27-30(29-39(33)48)44-34-18-6-8-20-36(34)45(37-21-9-7-19-35(37)44)47-49-40-23-14-26-43-46(40)50(47)41-24-12-13-25-42(41)52(43,51)31-15-4-3-5-16-31;48-49(33-19-5-2-6-20-33)40-27-12-11-26-39(40)47-44-38(25-14-28-41(44)49)46-45(47)43-36-23-9-7-21-34(36)42(35-22-8-10-24-37(35)43)32-18-13-17-31(29-32)30-15-3-1-4-16-30;48-49(33-16-5-2-6-17-33)40-24-12-11-23-39(40)47-44-38(22-13-25-41(44)49)46-45(47)43-36-20-9-7-18-34(36)42(35-19-8-10-21-37(35)43)32-28-26-31(27-29-32)30-14-3-1-4-15-30/h3-29H,1-2H3;2*1-29H. The summed E-state index contributed by atoms with van der Waals surface area (Å²) >= 11 is 0. The second-order valence-corrected chi connectivity index (χ2v) is 48.0. The topological polar surface area (TPSA) is 105 Å². The number of benzene rings is 24. The first-order valence-corrected chi connectivity index (χ1v) is 56.2. The zero-order valence-electron chi connectivity index (χ0n) is 81.8. The molecule has 706 valence electrons. The zero-order chi connectivity index (χ0) is 99.8. The van der Waals surface area contributed by atoms with Crippen LogP contribution in [0.3, 0.4) is 0 Å². The Morgan fingerprint density at radius 2 is 0.427 bits per heavy atom. The smallest absolute Gasteiger partial charge is 0.175 e. The fourth-order valence-corrected chi connectivity index (χ4v) is 34.1. The van der Waals surface area contributed by atoms with Crippen molar-refractivity contribution in [2.24, 2.45) is 0 Å². The van der Waals surface area contributed by atoms with Gasteiger partial charge in [0.15, 0.2) is 21.4 Å². The molecule has 0 N–H and O–H groups in total. The van der Waals surface area contributed by atoms with Gasteiger partial charge in [0, 0.05) is 69.8 Å². The quantitative estimate of drug-likeness (QED) is 0.0944. The molecule has 0 saturated carbocycles. The first-order chi connectivity index (χ1) is 73.9. The maximum Gasteiger partial charge on any atom is 0.175 e. The van der Waals surface area contributed by atoms with E-state index in [-0.39, 0.29) is 5.41 Å². The molecule has 150 heavy (non-hydrogen) atoms. The second-order valence-electron chi connectivity index (χ2n) is 39.9. The largest absolute Gasteiger partial charge is 0.308 e. The van der Waals surface area contributed by atoms with Gasteiger partial charge in [0.05, 0.1) is 50.2 Å². The van der Waals surface area contributed by atoms with Crippen LogP contribution >= 0.6 is 21.4 Å². The Bertz CT molecular complexity index is 10300. The number of para-hydroxylation sites is 6. The van der Waals surface area contributed by atoms with Crippen LogP contribution in [-0.4, -0.2) is 28.7 Å². The van der Waals surface area contributed by atoms with E-state index in [0.717, 1.165) is 164 Å². The Morgan fingerprint density at radius 3 is 0.787 bits per heavy atom. The van der Waals surface area contributed by atoms with Crippen LogP contribution in [0, 0.1) is 0 Å². The summed E-state index contributed by atoms with van der Waals surface area (Å²) in [4.78, 5) is 16.3. The Kier molecular flexibility index (Phi) is 20.4. The predicted octanol–water partition coefficient (Wildman–Crippen LogP) is 31.5. The lowest BCUT2D eigenvalue weighted by atomic mass is 9.80. The van der Waals surface area contributed by atoms with E-state index < -0.39 is 21.4 Å². The van der Waals surface area contributed by atoms with Crippen LogP contribution in [0.5, 0.6) is 0 Å². The Labute approximate surface area is 866 Å². The monoisotopic (exact) mass is 1970 g/mol. The van der Waals surface area contributed by atoms with Crippen molar-refractivity contribution in [2.45, 2.75) is 19.3 Å². The molecule has 0 amide bonds. The molecule has 3 aromatic heterocycles. The molecular weight excluding hydrogens is 1880 g/mol. The van der Waals surface area contributed by atoms with E-state index in [1.54, 1.807) is 0 Å². The molecule has 6 heterocycles. The molecule has 9 nitrogen and oxygen atoms in total. The number of imidazole rings is 3. The minimum absolute atomic E-state index is 0.101. The van der Waals surface area contributed by atoms with Gasteiger partial charge in [-0.3, -0.25) is 13.7 Å². The third-order valence-electron chi connectivity index (χ3n) is 31.6. The van der Waals surface area contributed by atoms with Crippen molar-refractivity contribution in [2.75, 3.05) is 0 Å². The summed E-state index contributed by atoms with van der Waals surface area (Å²) < 4.78 is 53.4. The van der Waals surface area contributed by atoms with E-state index in [0.29, 0.717) is 0 Å². The van der Waals surface area contributed by atoms with Gasteiger partial charge in [-0.05, 0) is 227 Å². The molecule has 0 radical (unpaired) electrons. The lowest BCUT2D eigenvalue weighted by Crippen LogP contribution is -2.32. The van der Waals surface area contributed by atoms with Crippen LogP contribution in [0.2, 0.25) is 0 Å². The van der Waals surface area contributed by atoms with Gasteiger partial charge in [0.25, 0.3) is 0 Å². The number of nitrogens with zero attached hydrogens (tertiary/aromatic N) is 6. The molecule has 0 fully saturated rings. The highest BCUT2D eigenvalue weighted by atomic mass is 31.2. The van der Waals surface area contributed by atoms with E-state index in [9.17, 15) is 0 Å². The molecule has 31 rings (SSSR count). The molecule has 0 spiro atoms. The summed E-state index contributed by atoms with van der Waals surface area (Å²) in [6, 6.07) is 180. The Balaban J connectivity index is 0.000000106. The lowest BCUT2D eigenvalue weighted by molar-refractivity contribution is 0.591. The summed E-state index contributed by atoms with van der Waals surface area (Å²) in [5.41, 5.74) is 28.5. The molecule has 3 unspecified atom stereocenters. The van der Waals surface area contributed by atoms with Crippen molar-refractivity contribution in [3.8, 4) is 118 Å². The van der Waals surface area contributed by atoms with Gasteiger partial charge >= 0.3 is 0 Å². The average molecular weight is 1970 g/mol. The third kappa shape index (κ3) is 13.2. The highest BCUT2D eigenvalue weighted by Crippen LogP contribution is 2.59. The summed E-state index contributed by atoms with van der Waals surface area (Å²) in [6.45, 7) is 4.69. The van der Waals surface area contributed by atoms with Crippen LogP contribution in [0.1, 0.15) is 25.0 Å². The molecular formula is C138H91N6O3P3. The van der Waals surface area contributed by atoms with Gasteiger partial charge < -0.3 is 13.7 Å². The van der Waals surface area contributed by atoms with Gasteiger partial charge in [0.2, 0.25) is 0 Å². The number of aromatic nitrogens is 6.